The van der Waals surface area contributed by atoms with Crippen LogP contribution in [-0.4, -0.2) is 26.8 Å². The predicted octanol–water partition coefficient (Wildman–Crippen LogP) is 2.76. The van der Waals surface area contributed by atoms with Crippen LogP contribution in [-0.2, 0) is 13.0 Å². The minimum absolute atomic E-state index is 0.310. The molecule has 3 atom stereocenters. The van der Waals surface area contributed by atoms with Crippen molar-refractivity contribution in [1.82, 2.24) is 20.1 Å². The van der Waals surface area contributed by atoms with Crippen LogP contribution < -0.4 is 5.32 Å². The van der Waals surface area contributed by atoms with Crippen LogP contribution >= 0.6 is 0 Å². The lowest BCUT2D eigenvalue weighted by molar-refractivity contribution is 0.0548. The van der Waals surface area contributed by atoms with Gasteiger partial charge in [0.1, 0.15) is 12.2 Å². The van der Waals surface area contributed by atoms with Crippen molar-refractivity contribution < 1.29 is 0 Å². The number of rotatable bonds is 3. The first kappa shape index (κ1) is 13.9. The molecule has 2 aromatic rings. The highest BCUT2D eigenvalue weighted by atomic mass is 15.3. The Kier molecular flexibility index (Phi) is 3.30. The van der Waals surface area contributed by atoms with Crippen molar-refractivity contribution in [3.63, 3.8) is 0 Å². The zero-order chi connectivity index (χ0) is 15.2. The van der Waals surface area contributed by atoms with Crippen LogP contribution in [0.25, 0.3) is 0 Å². The van der Waals surface area contributed by atoms with Crippen molar-refractivity contribution in [2.75, 3.05) is 0 Å². The summed E-state index contributed by atoms with van der Waals surface area (Å²) in [5, 5.41) is 8.21. The van der Waals surface area contributed by atoms with E-state index in [1.54, 1.807) is 6.33 Å². The topological polar surface area (TPSA) is 42.7 Å². The van der Waals surface area contributed by atoms with Gasteiger partial charge in [0.25, 0.3) is 0 Å². The summed E-state index contributed by atoms with van der Waals surface area (Å²) >= 11 is 0. The van der Waals surface area contributed by atoms with Crippen LogP contribution in [0.15, 0.2) is 36.7 Å². The molecule has 4 heteroatoms. The molecule has 22 heavy (non-hydrogen) atoms. The molecule has 1 aliphatic carbocycles. The minimum atomic E-state index is 0.310. The summed E-state index contributed by atoms with van der Waals surface area (Å²) < 4.78 is 2.06. The van der Waals surface area contributed by atoms with E-state index in [0.29, 0.717) is 23.4 Å². The quantitative estimate of drug-likeness (QED) is 0.947. The number of hydrogen-bond acceptors (Lipinski definition) is 3. The van der Waals surface area contributed by atoms with Gasteiger partial charge in [0.15, 0.2) is 0 Å². The Balaban J connectivity index is 1.41. The number of fused-ring (bicyclic) bond motifs is 1. The standard InChI is InChI=1S/C18H24N4/c1-18(2)15(13-6-4-3-5-7-13)10-16(18)21-14-8-9-17-19-12-20-22(17)11-14/h3-7,12,14-16,21H,8-11H2,1-2H3/t14-,15-,16+/m0/s1. The lowest BCUT2D eigenvalue weighted by Crippen LogP contribution is -2.59. The number of nitrogens with one attached hydrogen (secondary N) is 1. The van der Waals surface area contributed by atoms with E-state index in [9.17, 15) is 0 Å². The fourth-order valence-electron chi connectivity index (χ4n) is 4.12. The number of aromatic nitrogens is 3. The van der Waals surface area contributed by atoms with Gasteiger partial charge in [0, 0.05) is 18.5 Å². The molecule has 1 saturated carbocycles. The maximum atomic E-state index is 4.32. The van der Waals surface area contributed by atoms with Crippen LogP contribution in [0, 0.1) is 5.41 Å². The van der Waals surface area contributed by atoms with Crippen LogP contribution in [0.4, 0.5) is 0 Å². The maximum Gasteiger partial charge on any atom is 0.138 e. The van der Waals surface area contributed by atoms with Crippen LogP contribution in [0.5, 0.6) is 0 Å². The van der Waals surface area contributed by atoms with E-state index in [4.69, 9.17) is 0 Å². The van der Waals surface area contributed by atoms with Gasteiger partial charge in [0.05, 0.1) is 6.54 Å². The summed E-state index contributed by atoms with van der Waals surface area (Å²) in [5.41, 5.74) is 1.79. The summed E-state index contributed by atoms with van der Waals surface area (Å²) in [6.07, 6.45) is 5.11. The maximum absolute atomic E-state index is 4.32. The zero-order valence-electron chi connectivity index (χ0n) is 13.4. The Morgan fingerprint density at radius 2 is 2.05 bits per heavy atom. The van der Waals surface area contributed by atoms with Crippen molar-refractivity contribution in [2.24, 2.45) is 5.41 Å². The Morgan fingerprint density at radius 1 is 1.23 bits per heavy atom. The predicted molar refractivity (Wildman–Crippen MR) is 86.6 cm³/mol. The monoisotopic (exact) mass is 296 g/mol. The molecule has 1 fully saturated rings. The Morgan fingerprint density at radius 3 is 2.82 bits per heavy atom. The highest BCUT2D eigenvalue weighted by molar-refractivity contribution is 5.27. The molecule has 0 bridgehead atoms. The molecule has 4 rings (SSSR count). The summed E-state index contributed by atoms with van der Waals surface area (Å²) in [7, 11) is 0. The molecule has 0 saturated heterocycles. The molecule has 2 aliphatic rings. The summed E-state index contributed by atoms with van der Waals surface area (Å²) in [4.78, 5) is 4.31. The van der Waals surface area contributed by atoms with Crippen molar-refractivity contribution in [2.45, 2.75) is 57.7 Å². The third-order valence-electron chi connectivity index (χ3n) is 5.71. The number of aryl methyl sites for hydroxylation is 1. The first-order chi connectivity index (χ1) is 10.6. The fraction of sp³-hybridized carbons (Fsp3) is 0.556. The average Bonchev–Trinajstić information content (AvgIpc) is 2.99. The Hall–Kier alpha value is -1.68. The third kappa shape index (κ3) is 2.26. The first-order valence-electron chi connectivity index (χ1n) is 8.32. The molecule has 2 heterocycles. The second-order valence-corrected chi connectivity index (χ2v) is 7.33. The van der Waals surface area contributed by atoms with Gasteiger partial charge in [0.2, 0.25) is 0 Å². The number of benzene rings is 1. The van der Waals surface area contributed by atoms with Gasteiger partial charge in [-0.2, -0.15) is 5.10 Å². The second kappa shape index (κ2) is 5.20. The number of hydrogen-bond donors (Lipinski definition) is 1. The normalized spacial score (nSPS) is 29.6. The largest absolute Gasteiger partial charge is 0.309 e. The van der Waals surface area contributed by atoms with E-state index in [1.807, 2.05) is 0 Å². The van der Waals surface area contributed by atoms with Gasteiger partial charge >= 0.3 is 0 Å². The number of nitrogens with zero attached hydrogens (tertiary/aromatic N) is 3. The lowest BCUT2D eigenvalue weighted by Gasteiger charge is -2.54. The molecule has 1 aliphatic heterocycles. The van der Waals surface area contributed by atoms with E-state index in [0.717, 1.165) is 18.8 Å². The average molecular weight is 296 g/mol. The van der Waals surface area contributed by atoms with Gasteiger partial charge < -0.3 is 5.32 Å². The SMILES string of the molecule is CC1(C)[C@H](N[C@H]2CCc3ncnn3C2)C[C@H]1c1ccccc1. The smallest absolute Gasteiger partial charge is 0.138 e. The van der Waals surface area contributed by atoms with Gasteiger partial charge in [-0.05, 0) is 29.7 Å². The third-order valence-corrected chi connectivity index (χ3v) is 5.71. The summed E-state index contributed by atoms with van der Waals surface area (Å²) in [5.74, 6) is 1.80. The van der Waals surface area contributed by atoms with Crippen LogP contribution in [0.1, 0.15) is 44.0 Å². The van der Waals surface area contributed by atoms with Gasteiger partial charge in [-0.1, -0.05) is 44.2 Å². The summed E-state index contributed by atoms with van der Waals surface area (Å²) in [6, 6.07) is 12.1. The van der Waals surface area contributed by atoms with Crippen LogP contribution in [0.3, 0.4) is 0 Å². The highest BCUT2D eigenvalue weighted by Crippen LogP contribution is 2.52. The molecule has 0 amide bonds. The minimum Gasteiger partial charge on any atom is -0.309 e. The molecular formula is C18H24N4. The van der Waals surface area contributed by atoms with E-state index in [-0.39, 0.29) is 0 Å². The van der Waals surface area contributed by atoms with Gasteiger partial charge in [-0.25, -0.2) is 9.67 Å². The van der Waals surface area contributed by atoms with Gasteiger partial charge in [-0.3, -0.25) is 0 Å². The Labute approximate surface area is 132 Å². The Bertz CT molecular complexity index is 646. The van der Waals surface area contributed by atoms with Crippen molar-refractivity contribution >= 4 is 0 Å². The molecule has 1 N–H and O–H groups in total. The summed E-state index contributed by atoms with van der Waals surface area (Å²) in [6.45, 7) is 5.75. The van der Waals surface area contributed by atoms with E-state index in [1.165, 1.54) is 18.4 Å². The molecule has 1 aromatic carbocycles. The second-order valence-electron chi connectivity index (χ2n) is 7.33. The lowest BCUT2D eigenvalue weighted by atomic mass is 9.56. The fourth-order valence-corrected chi connectivity index (χ4v) is 4.12. The zero-order valence-corrected chi connectivity index (χ0v) is 13.4. The molecular weight excluding hydrogens is 272 g/mol. The van der Waals surface area contributed by atoms with E-state index in [2.05, 4.69) is 64.3 Å². The van der Waals surface area contributed by atoms with Crippen molar-refractivity contribution in [3.8, 4) is 0 Å². The van der Waals surface area contributed by atoms with E-state index < -0.39 is 0 Å². The van der Waals surface area contributed by atoms with Crippen molar-refractivity contribution in [3.05, 3.63) is 48.0 Å². The highest BCUT2D eigenvalue weighted by Gasteiger charge is 2.49. The molecule has 0 radical (unpaired) electrons. The van der Waals surface area contributed by atoms with Crippen molar-refractivity contribution in [1.29, 1.82) is 0 Å². The molecule has 4 nitrogen and oxygen atoms in total. The van der Waals surface area contributed by atoms with Crippen LogP contribution in [0.2, 0.25) is 0 Å². The molecule has 0 unspecified atom stereocenters. The molecule has 0 spiro atoms. The molecule has 116 valence electrons. The van der Waals surface area contributed by atoms with Gasteiger partial charge in [-0.15, -0.1) is 0 Å². The molecule has 1 aromatic heterocycles. The first-order valence-corrected chi connectivity index (χ1v) is 8.32. The van der Waals surface area contributed by atoms with E-state index >= 15 is 0 Å².